The van der Waals surface area contributed by atoms with Gasteiger partial charge in [-0.05, 0) is 54.1 Å². The van der Waals surface area contributed by atoms with E-state index in [4.69, 9.17) is 18.0 Å². The molecule has 0 amide bonds. The maximum Gasteiger partial charge on any atom is 0.184 e. The zero-order valence-electron chi connectivity index (χ0n) is 9.21. The van der Waals surface area contributed by atoms with Crippen molar-refractivity contribution in [1.82, 2.24) is 5.43 Å². The Morgan fingerprint density at radius 1 is 1.24 bits per heavy atom. The molecule has 6 aliphatic carbocycles. The summed E-state index contributed by atoms with van der Waals surface area (Å²) in [6.45, 7) is 0. The number of nitrogens with one attached hydrogen (secondary N) is 1. The Labute approximate surface area is 119 Å². The quantitative estimate of drug-likeness (QED) is 0.322. The minimum absolute atomic E-state index is 0.307. The summed E-state index contributed by atoms with van der Waals surface area (Å²) < 4.78 is 0.921. The summed E-state index contributed by atoms with van der Waals surface area (Å²) in [5, 5.41) is 4.88. The second kappa shape index (κ2) is 2.81. The van der Waals surface area contributed by atoms with E-state index in [1.165, 1.54) is 12.1 Å². The van der Waals surface area contributed by atoms with Gasteiger partial charge in [-0.25, -0.2) is 0 Å². The first kappa shape index (κ1) is 9.95. The molecule has 6 rings (SSSR count). The fourth-order valence-electron chi connectivity index (χ4n) is 6.49. The zero-order valence-corrected chi connectivity index (χ0v) is 12.2. The second-order valence-electron chi connectivity index (χ2n) is 6.38. The number of rotatable bonds is 1. The van der Waals surface area contributed by atoms with Gasteiger partial charge in [0.2, 0.25) is 0 Å². The van der Waals surface area contributed by atoms with Crippen LogP contribution in [0.3, 0.4) is 0 Å². The van der Waals surface area contributed by atoms with Crippen molar-refractivity contribution in [2.45, 2.75) is 10.3 Å². The third kappa shape index (κ3) is 0.856. The fourth-order valence-corrected chi connectivity index (χ4v) is 8.48. The Bertz CT molecular complexity index is 476. The normalized spacial score (nSPS) is 65.7. The predicted molar refractivity (Wildman–Crippen MR) is 77.7 cm³/mol. The molecule has 6 bridgehead atoms. The second-order valence-corrected chi connectivity index (χ2v) is 8.26. The Morgan fingerprint density at radius 2 is 2.00 bits per heavy atom. The molecule has 0 aliphatic heterocycles. The Kier molecular flexibility index (Phi) is 1.65. The van der Waals surface area contributed by atoms with Crippen LogP contribution in [-0.2, 0) is 0 Å². The third-order valence-corrected chi connectivity index (χ3v) is 8.09. The van der Waals surface area contributed by atoms with Crippen LogP contribution in [0.15, 0.2) is 5.10 Å². The average molecular weight is 359 g/mol. The van der Waals surface area contributed by atoms with Crippen molar-refractivity contribution >= 4 is 45.6 Å². The summed E-state index contributed by atoms with van der Waals surface area (Å²) >= 11 is 7.59. The van der Waals surface area contributed by atoms with E-state index in [9.17, 15) is 0 Å². The monoisotopic (exact) mass is 359 g/mol. The highest BCUT2D eigenvalue weighted by atomic mass is 127. The van der Waals surface area contributed by atoms with Crippen LogP contribution in [0.5, 0.6) is 0 Å². The minimum atomic E-state index is 0.307. The van der Waals surface area contributed by atoms with E-state index in [-0.39, 0.29) is 0 Å². The third-order valence-electron chi connectivity index (χ3n) is 6.34. The lowest BCUT2D eigenvalue weighted by atomic mass is 9.71. The van der Waals surface area contributed by atoms with Gasteiger partial charge >= 0.3 is 0 Å². The molecule has 6 saturated carbocycles. The molecule has 17 heavy (non-hydrogen) atoms. The van der Waals surface area contributed by atoms with Gasteiger partial charge in [0.15, 0.2) is 5.11 Å². The van der Waals surface area contributed by atoms with Gasteiger partial charge < -0.3 is 5.73 Å². The van der Waals surface area contributed by atoms with Crippen molar-refractivity contribution in [3.8, 4) is 0 Å². The number of thiocarbonyl (C=S) groups is 1. The summed E-state index contributed by atoms with van der Waals surface area (Å²) in [6, 6.07) is 0. The van der Waals surface area contributed by atoms with E-state index in [1.807, 2.05) is 0 Å². The molecule has 6 aliphatic rings. The van der Waals surface area contributed by atoms with Crippen LogP contribution in [-0.4, -0.2) is 14.7 Å². The summed E-state index contributed by atoms with van der Waals surface area (Å²) in [6.07, 6.45) is 1.49. The van der Waals surface area contributed by atoms with Crippen molar-refractivity contribution in [1.29, 1.82) is 0 Å². The molecule has 0 saturated heterocycles. The number of nitrogens with zero attached hydrogens (tertiary/aromatic N) is 1. The van der Waals surface area contributed by atoms with Crippen molar-refractivity contribution < 1.29 is 0 Å². The fraction of sp³-hybridized carbons (Fsp3) is 0.833. The molecule has 0 aromatic heterocycles. The molecule has 3 N–H and O–H groups in total. The summed E-state index contributed by atoms with van der Waals surface area (Å²) in [5.74, 6) is 7.46. The first-order chi connectivity index (χ1) is 8.20. The van der Waals surface area contributed by atoms with Gasteiger partial charge in [0.05, 0.1) is 0 Å². The number of hydrazone groups is 1. The van der Waals surface area contributed by atoms with Crippen LogP contribution in [0, 0.1) is 47.3 Å². The van der Waals surface area contributed by atoms with Gasteiger partial charge in [-0.2, -0.15) is 5.10 Å². The molecular weight excluding hydrogens is 345 g/mol. The topological polar surface area (TPSA) is 50.4 Å². The highest BCUT2D eigenvalue weighted by Crippen LogP contribution is 2.82. The number of alkyl halides is 1. The largest absolute Gasteiger partial charge is 0.375 e. The lowest BCUT2D eigenvalue weighted by Gasteiger charge is -2.32. The van der Waals surface area contributed by atoms with Crippen molar-refractivity contribution in [2.24, 2.45) is 58.2 Å². The van der Waals surface area contributed by atoms with Crippen LogP contribution in [0.25, 0.3) is 0 Å². The molecule has 6 fully saturated rings. The first-order valence-corrected chi connectivity index (χ1v) is 8.12. The van der Waals surface area contributed by atoms with E-state index in [0.717, 1.165) is 51.3 Å². The Morgan fingerprint density at radius 3 is 2.71 bits per heavy atom. The number of hydrogen-bond donors (Lipinski definition) is 2. The number of nitrogens with two attached hydrogens (primary N) is 1. The van der Waals surface area contributed by atoms with Gasteiger partial charge in [0.1, 0.15) is 0 Å². The lowest BCUT2D eigenvalue weighted by Crippen LogP contribution is -2.30. The molecule has 0 radical (unpaired) electrons. The van der Waals surface area contributed by atoms with E-state index >= 15 is 0 Å². The van der Waals surface area contributed by atoms with E-state index < -0.39 is 0 Å². The Balaban J connectivity index is 1.62. The first-order valence-electron chi connectivity index (χ1n) is 6.47. The smallest absolute Gasteiger partial charge is 0.184 e. The molecule has 0 unspecified atom stereocenters. The van der Waals surface area contributed by atoms with E-state index in [1.54, 1.807) is 0 Å². The molecule has 0 aromatic carbocycles. The van der Waals surface area contributed by atoms with Crippen molar-refractivity contribution in [3.63, 3.8) is 0 Å². The van der Waals surface area contributed by atoms with Gasteiger partial charge in [-0.1, -0.05) is 22.6 Å². The molecule has 9 atom stereocenters. The molecule has 3 nitrogen and oxygen atoms in total. The lowest BCUT2D eigenvalue weighted by molar-refractivity contribution is 0.132. The zero-order chi connectivity index (χ0) is 11.5. The van der Waals surface area contributed by atoms with Gasteiger partial charge in [-0.3, -0.25) is 5.43 Å². The van der Waals surface area contributed by atoms with E-state index in [0.29, 0.717) is 5.11 Å². The average Bonchev–Trinajstić information content (AvgIpc) is 2.97. The molecule has 0 aromatic rings. The van der Waals surface area contributed by atoms with Crippen molar-refractivity contribution in [2.75, 3.05) is 0 Å². The van der Waals surface area contributed by atoms with Crippen LogP contribution in [0.2, 0.25) is 0 Å². The molecule has 90 valence electrons. The SMILES string of the molecule is NC(=S)NN=C1[C@H]2[C@@H]3C[C@H]4[C@H]2[C@@H]2[C@H](I)[C@@H]4[C@@H]3[C@@H]12. The number of halogens is 1. The molecule has 0 spiro atoms. The molecule has 5 heteroatoms. The van der Waals surface area contributed by atoms with Crippen LogP contribution >= 0.6 is 34.8 Å². The van der Waals surface area contributed by atoms with Gasteiger partial charge in [0.25, 0.3) is 0 Å². The summed E-state index contributed by atoms with van der Waals surface area (Å²) in [5.41, 5.74) is 9.78. The highest BCUT2D eigenvalue weighted by Gasteiger charge is 2.82. The van der Waals surface area contributed by atoms with E-state index in [2.05, 4.69) is 33.1 Å². The van der Waals surface area contributed by atoms with Crippen LogP contribution in [0.1, 0.15) is 6.42 Å². The maximum atomic E-state index is 5.50. The molecular formula is C12H14IN3S. The van der Waals surface area contributed by atoms with Crippen LogP contribution in [0.4, 0.5) is 0 Å². The highest BCUT2D eigenvalue weighted by molar-refractivity contribution is 14.1. The van der Waals surface area contributed by atoms with Crippen molar-refractivity contribution in [3.05, 3.63) is 0 Å². The molecule has 0 heterocycles. The minimum Gasteiger partial charge on any atom is -0.375 e. The van der Waals surface area contributed by atoms with Gasteiger partial charge in [-0.15, -0.1) is 0 Å². The van der Waals surface area contributed by atoms with Crippen LogP contribution < -0.4 is 11.2 Å². The number of hydrogen-bond acceptors (Lipinski definition) is 2. The van der Waals surface area contributed by atoms with Gasteiger partial charge in [0, 0.05) is 21.5 Å². The summed E-state index contributed by atoms with van der Waals surface area (Å²) in [4.78, 5) is 0. The Hall–Kier alpha value is 0.0900. The maximum absolute atomic E-state index is 5.50. The summed E-state index contributed by atoms with van der Waals surface area (Å²) in [7, 11) is 0. The standard InChI is InChI=1S/C12H14IN3S/c13-10-6-2-1-3-4(6)9-8(10)5(2)7(3)11(9)15-16-12(14)17/h2-10H,1H2,(H3,14,16,17)/t2-,3+,4+,5+,6-,7-,8-,9+,10+/m0/s1. The predicted octanol–water partition coefficient (Wildman–Crippen LogP) is 1.37.